The Balaban J connectivity index is 1.56. The van der Waals surface area contributed by atoms with Gasteiger partial charge in [0, 0.05) is 31.5 Å². The van der Waals surface area contributed by atoms with Crippen LogP contribution in [-0.2, 0) is 9.53 Å². The lowest BCUT2D eigenvalue weighted by Crippen LogP contribution is -2.42. The third kappa shape index (κ3) is 3.98. The number of aliphatic hydroxyl groups is 1. The number of pyridine rings is 1. The van der Waals surface area contributed by atoms with Crippen LogP contribution in [0.4, 0.5) is 11.6 Å². The minimum atomic E-state index is -0.619. The minimum absolute atomic E-state index is 0.00795. The molecule has 8 nitrogen and oxygen atoms in total. The molecule has 1 atom stereocenters. The Morgan fingerprint density at radius 1 is 1.29 bits per heavy atom. The second kappa shape index (κ2) is 8.20. The van der Waals surface area contributed by atoms with E-state index in [1.165, 1.54) is 0 Å². The van der Waals surface area contributed by atoms with Crippen molar-refractivity contribution in [2.75, 3.05) is 36.5 Å². The van der Waals surface area contributed by atoms with E-state index in [9.17, 15) is 9.90 Å². The summed E-state index contributed by atoms with van der Waals surface area (Å²) in [7, 11) is 0. The quantitative estimate of drug-likeness (QED) is 0.816. The van der Waals surface area contributed by atoms with Crippen molar-refractivity contribution in [3.63, 3.8) is 0 Å². The molecule has 1 amide bonds. The number of amides is 1. The number of hydrogen-bond acceptors (Lipinski definition) is 7. The van der Waals surface area contributed by atoms with Crippen molar-refractivity contribution in [2.45, 2.75) is 32.3 Å². The lowest BCUT2D eigenvalue weighted by molar-refractivity contribution is -0.117. The third-order valence-corrected chi connectivity index (χ3v) is 5.33. The van der Waals surface area contributed by atoms with Crippen LogP contribution in [0.1, 0.15) is 38.0 Å². The fraction of sp³-hybridized carbons (Fsp3) is 0.500. The largest absolute Gasteiger partial charge is 0.387 e. The highest BCUT2D eigenvalue weighted by Crippen LogP contribution is 2.30. The molecule has 148 valence electrons. The Kier molecular flexibility index (Phi) is 5.50. The number of hydrogen-bond donors (Lipinski definition) is 2. The van der Waals surface area contributed by atoms with Crippen molar-refractivity contribution in [1.82, 2.24) is 15.0 Å². The van der Waals surface area contributed by atoms with Gasteiger partial charge in [0.2, 0.25) is 5.91 Å². The van der Waals surface area contributed by atoms with E-state index in [1.807, 2.05) is 6.07 Å². The van der Waals surface area contributed by atoms with Gasteiger partial charge in [-0.05, 0) is 44.2 Å². The first-order valence-electron chi connectivity index (χ1n) is 9.75. The van der Waals surface area contributed by atoms with E-state index in [1.54, 1.807) is 30.3 Å². The molecule has 0 aliphatic carbocycles. The van der Waals surface area contributed by atoms with Crippen molar-refractivity contribution >= 4 is 17.5 Å². The molecular formula is C20H25N5O3. The van der Waals surface area contributed by atoms with Crippen LogP contribution in [0.25, 0.3) is 11.3 Å². The molecule has 0 saturated carbocycles. The first kappa shape index (κ1) is 18.8. The summed E-state index contributed by atoms with van der Waals surface area (Å²) in [6.07, 6.45) is 5.75. The van der Waals surface area contributed by atoms with Gasteiger partial charge in [-0.15, -0.1) is 0 Å². The maximum atomic E-state index is 12.5. The van der Waals surface area contributed by atoms with Crippen LogP contribution in [0.15, 0.2) is 24.5 Å². The summed E-state index contributed by atoms with van der Waals surface area (Å²) >= 11 is 0. The summed E-state index contributed by atoms with van der Waals surface area (Å²) < 4.78 is 5.42. The fourth-order valence-electron chi connectivity index (χ4n) is 3.59. The molecule has 2 aromatic heterocycles. The smallest absolute Gasteiger partial charge is 0.247 e. The lowest BCUT2D eigenvalue weighted by Gasteiger charge is -2.30. The summed E-state index contributed by atoms with van der Waals surface area (Å²) in [6, 6.07) is 3.63. The van der Waals surface area contributed by atoms with Crippen LogP contribution in [0.5, 0.6) is 0 Å². The molecular weight excluding hydrogens is 358 g/mol. The molecule has 2 aromatic rings. The van der Waals surface area contributed by atoms with Crippen LogP contribution in [0.3, 0.4) is 0 Å². The molecule has 1 fully saturated rings. The van der Waals surface area contributed by atoms with Crippen molar-refractivity contribution in [3.8, 4) is 11.3 Å². The number of anilines is 2. The van der Waals surface area contributed by atoms with Gasteiger partial charge in [-0.1, -0.05) is 0 Å². The van der Waals surface area contributed by atoms with E-state index in [-0.39, 0.29) is 12.5 Å². The Hall–Kier alpha value is -2.58. The van der Waals surface area contributed by atoms with Crippen LogP contribution in [0, 0.1) is 5.92 Å². The van der Waals surface area contributed by atoms with E-state index >= 15 is 0 Å². The summed E-state index contributed by atoms with van der Waals surface area (Å²) in [5, 5.41) is 12.7. The van der Waals surface area contributed by atoms with Gasteiger partial charge >= 0.3 is 0 Å². The second-order valence-electron chi connectivity index (χ2n) is 7.32. The normalized spacial score (nSPS) is 18.5. The zero-order valence-electron chi connectivity index (χ0n) is 16.0. The molecule has 0 bridgehead atoms. The first-order valence-corrected chi connectivity index (χ1v) is 9.75. The molecule has 4 rings (SSSR count). The number of nitrogens with one attached hydrogen (secondary N) is 1. The lowest BCUT2D eigenvalue weighted by atomic mass is 9.96. The Labute approximate surface area is 164 Å². The number of fused-ring (bicyclic) bond motifs is 1. The highest BCUT2D eigenvalue weighted by molar-refractivity contribution is 6.00. The number of carbonyl (C=O) groups excluding carboxylic acids is 1. The molecule has 0 unspecified atom stereocenters. The minimum Gasteiger partial charge on any atom is -0.387 e. The van der Waals surface area contributed by atoms with Gasteiger partial charge in [0.1, 0.15) is 0 Å². The van der Waals surface area contributed by atoms with Crippen LogP contribution >= 0.6 is 0 Å². The van der Waals surface area contributed by atoms with Crippen molar-refractivity contribution < 1.29 is 14.6 Å². The van der Waals surface area contributed by atoms with E-state index in [4.69, 9.17) is 9.72 Å². The fourth-order valence-corrected chi connectivity index (χ4v) is 3.59. The van der Waals surface area contributed by atoms with E-state index < -0.39 is 6.10 Å². The summed E-state index contributed by atoms with van der Waals surface area (Å²) in [5.74, 6) is 1.78. The predicted molar refractivity (Wildman–Crippen MR) is 105 cm³/mol. The van der Waals surface area contributed by atoms with Crippen molar-refractivity contribution in [3.05, 3.63) is 30.2 Å². The van der Waals surface area contributed by atoms with E-state index in [0.717, 1.165) is 38.0 Å². The molecule has 0 spiro atoms. The Morgan fingerprint density at radius 2 is 2.11 bits per heavy atom. The average molecular weight is 383 g/mol. The summed E-state index contributed by atoms with van der Waals surface area (Å²) in [4.78, 5) is 27.7. The molecule has 0 aromatic carbocycles. The van der Waals surface area contributed by atoms with Gasteiger partial charge < -0.3 is 15.2 Å². The average Bonchev–Trinajstić information content (AvgIpc) is 2.73. The molecule has 2 N–H and O–H groups in total. The number of ether oxygens (including phenoxy) is 1. The molecule has 4 heterocycles. The maximum absolute atomic E-state index is 12.5. The third-order valence-electron chi connectivity index (χ3n) is 5.33. The van der Waals surface area contributed by atoms with Gasteiger partial charge in [-0.2, -0.15) is 0 Å². The number of aromatic nitrogens is 3. The van der Waals surface area contributed by atoms with Gasteiger partial charge in [-0.3, -0.25) is 14.7 Å². The van der Waals surface area contributed by atoms with E-state index in [2.05, 4.69) is 15.3 Å². The number of aliphatic hydroxyl groups excluding tert-OH is 1. The summed E-state index contributed by atoms with van der Waals surface area (Å²) in [5.41, 5.74) is 2.04. The molecule has 2 aliphatic heterocycles. The van der Waals surface area contributed by atoms with Gasteiger partial charge in [0.15, 0.2) is 11.6 Å². The van der Waals surface area contributed by atoms with Crippen LogP contribution < -0.4 is 10.2 Å². The van der Waals surface area contributed by atoms with Crippen LogP contribution in [-0.4, -0.2) is 52.3 Å². The zero-order chi connectivity index (χ0) is 19.5. The van der Waals surface area contributed by atoms with Crippen molar-refractivity contribution in [2.24, 2.45) is 5.92 Å². The van der Waals surface area contributed by atoms with Gasteiger partial charge in [0.25, 0.3) is 0 Å². The van der Waals surface area contributed by atoms with Gasteiger partial charge in [0.05, 0.1) is 30.2 Å². The predicted octanol–water partition coefficient (Wildman–Crippen LogP) is 2.17. The van der Waals surface area contributed by atoms with Crippen molar-refractivity contribution in [1.29, 1.82) is 0 Å². The van der Waals surface area contributed by atoms with Gasteiger partial charge in [-0.25, -0.2) is 9.97 Å². The topological polar surface area (TPSA) is 100 Å². The van der Waals surface area contributed by atoms with Crippen LogP contribution in [0.2, 0.25) is 0 Å². The highest BCUT2D eigenvalue weighted by Gasteiger charge is 2.28. The maximum Gasteiger partial charge on any atom is 0.247 e. The Bertz CT molecular complexity index is 834. The first-order chi connectivity index (χ1) is 13.6. The molecule has 0 radical (unpaired) electrons. The number of nitrogens with zero attached hydrogens (tertiary/aromatic N) is 4. The monoisotopic (exact) mass is 383 g/mol. The standard InChI is InChI=1S/C20H25N5O3/c1-13(26)16-3-2-15(10-21-16)17-11-22-19-20(24-17)25(18(27)12-23-19)7-4-14-5-8-28-9-6-14/h2-3,10-11,13-14,26H,4-9,12H2,1H3,(H,22,23)/t13-/m0/s1. The molecule has 2 aliphatic rings. The highest BCUT2D eigenvalue weighted by atomic mass is 16.5. The Morgan fingerprint density at radius 3 is 2.82 bits per heavy atom. The molecule has 8 heteroatoms. The zero-order valence-corrected chi connectivity index (χ0v) is 16.0. The molecule has 28 heavy (non-hydrogen) atoms. The molecule has 1 saturated heterocycles. The van der Waals surface area contributed by atoms with E-state index in [0.29, 0.717) is 35.5 Å². The summed E-state index contributed by atoms with van der Waals surface area (Å²) in [6.45, 7) is 4.15. The number of carbonyl (C=O) groups is 1. The SMILES string of the molecule is C[C@H](O)c1ccc(-c2cnc3c(n2)N(CCC2CCOCC2)C(=O)CN3)cn1. The number of rotatable bonds is 5. The second-order valence-corrected chi connectivity index (χ2v) is 7.32.